The predicted molar refractivity (Wildman–Crippen MR) is 203 cm³/mol. The molecule has 4 aromatic rings. The van der Waals surface area contributed by atoms with Gasteiger partial charge in [0.25, 0.3) is 0 Å². The molecule has 4 aromatic carbocycles. The molecule has 0 saturated heterocycles. The van der Waals surface area contributed by atoms with E-state index in [0.29, 0.717) is 0 Å². The molecule has 9 heteroatoms. The maximum Gasteiger partial charge on any atom is 0.120 e. The first-order chi connectivity index (χ1) is 23.0. The van der Waals surface area contributed by atoms with Gasteiger partial charge in [0.05, 0.1) is 47.3 Å². The van der Waals surface area contributed by atoms with E-state index in [-0.39, 0.29) is 0 Å². The summed E-state index contributed by atoms with van der Waals surface area (Å²) in [5.74, 6) is 1.76. The van der Waals surface area contributed by atoms with Crippen LogP contribution in [0.4, 0.5) is 34.1 Å². The lowest BCUT2D eigenvalue weighted by Crippen LogP contribution is -2.09. The van der Waals surface area contributed by atoms with E-state index in [1.807, 2.05) is 91.9 Å². The monoisotopic (exact) mass is 746 g/mol. The van der Waals surface area contributed by atoms with Crippen molar-refractivity contribution in [2.45, 2.75) is 78.6 Å². The third kappa shape index (κ3) is 13.0. The third-order valence-corrected chi connectivity index (χ3v) is 8.38. The zero-order valence-electron chi connectivity index (χ0n) is 27.8. The average Bonchev–Trinajstić information content (AvgIpc) is 3.09. The first-order valence-corrected chi connectivity index (χ1v) is 17.8. The molecule has 0 radical (unpaired) electrons. The van der Waals surface area contributed by atoms with Gasteiger partial charge in [0.15, 0.2) is 0 Å². The van der Waals surface area contributed by atoms with Crippen molar-refractivity contribution < 1.29 is 9.47 Å². The summed E-state index contributed by atoms with van der Waals surface area (Å²) >= 11 is 2.28. The fourth-order valence-corrected chi connectivity index (χ4v) is 5.30. The number of unbranched alkanes of at least 4 members (excludes halogenated alkanes) is 7. The smallest absolute Gasteiger partial charge is 0.120 e. The van der Waals surface area contributed by atoms with Crippen LogP contribution in [0.25, 0.3) is 0 Å². The molecule has 0 aromatic heterocycles. The first-order valence-electron chi connectivity index (χ1n) is 16.8. The van der Waals surface area contributed by atoms with Crippen molar-refractivity contribution in [3.05, 3.63) is 94.1 Å². The molecule has 2 N–H and O–H groups in total. The van der Waals surface area contributed by atoms with Gasteiger partial charge in [-0.1, -0.05) is 58.8 Å². The summed E-state index contributed by atoms with van der Waals surface area (Å²) < 4.78 is 12.7. The molecule has 0 fully saturated rings. The van der Waals surface area contributed by atoms with Gasteiger partial charge in [-0.25, -0.2) is 0 Å². The summed E-state index contributed by atoms with van der Waals surface area (Å²) in [4.78, 5) is 0. The van der Waals surface area contributed by atoms with Gasteiger partial charge < -0.3 is 20.3 Å². The van der Waals surface area contributed by atoms with Gasteiger partial charge >= 0.3 is 0 Å². The Kier molecular flexibility index (Phi) is 15.5. The topological polar surface area (TPSA) is 92.0 Å². The molecule has 0 aliphatic carbocycles. The van der Waals surface area contributed by atoms with E-state index < -0.39 is 0 Å². The largest absolute Gasteiger partial charge is 0.494 e. The van der Waals surface area contributed by atoms with Crippen LogP contribution in [0.3, 0.4) is 0 Å². The van der Waals surface area contributed by atoms with Crippen LogP contribution in [0.2, 0.25) is 0 Å². The summed E-state index contributed by atoms with van der Waals surface area (Å²) in [7, 11) is 0. The lowest BCUT2D eigenvalue weighted by molar-refractivity contribution is 0.304. The van der Waals surface area contributed by atoms with E-state index in [0.717, 1.165) is 80.8 Å². The lowest BCUT2D eigenvalue weighted by atomic mass is 10.2. The molecule has 0 atom stereocenters. The van der Waals surface area contributed by atoms with Gasteiger partial charge in [-0.3, -0.25) is 0 Å². The molecule has 0 aliphatic heterocycles. The van der Waals surface area contributed by atoms with Crippen LogP contribution in [0.5, 0.6) is 11.5 Å². The van der Waals surface area contributed by atoms with Crippen molar-refractivity contribution >= 4 is 56.7 Å². The summed E-state index contributed by atoms with van der Waals surface area (Å²) in [6, 6.07) is 27.4. The van der Waals surface area contributed by atoms with Crippen LogP contribution in [-0.2, 0) is 0 Å². The SMILES string of the molecule is CCCCCCCOc1ccc(/N=N/c2ccc(/N=N/c3ccc(NNc4ccc(OCCCCCC)cc4)c(C)c3)cc2)c(I)c1. The minimum absolute atomic E-state index is 0.740. The maximum atomic E-state index is 5.91. The number of benzene rings is 4. The van der Waals surface area contributed by atoms with Crippen LogP contribution in [0.1, 0.15) is 77.2 Å². The number of halogens is 1. The molecule has 8 nitrogen and oxygen atoms in total. The van der Waals surface area contributed by atoms with Gasteiger partial charge in [0.1, 0.15) is 11.5 Å². The highest BCUT2D eigenvalue weighted by Crippen LogP contribution is 2.29. The molecule has 0 amide bonds. The maximum absolute atomic E-state index is 5.91. The molecular weight excluding hydrogens is 699 g/mol. The van der Waals surface area contributed by atoms with E-state index in [4.69, 9.17) is 9.47 Å². The lowest BCUT2D eigenvalue weighted by Gasteiger charge is -2.13. The van der Waals surface area contributed by atoms with Crippen molar-refractivity contribution in [1.82, 2.24) is 0 Å². The van der Waals surface area contributed by atoms with Crippen molar-refractivity contribution in [2.75, 3.05) is 24.1 Å². The van der Waals surface area contributed by atoms with Crippen LogP contribution in [0.15, 0.2) is 105 Å². The van der Waals surface area contributed by atoms with E-state index in [9.17, 15) is 0 Å². The number of hydrazine groups is 1. The molecule has 0 saturated carbocycles. The second-order valence-electron chi connectivity index (χ2n) is 11.5. The fourth-order valence-electron chi connectivity index (χ4n) is 4.71. The highest BCUT2D eigenvalue weighted by Gasteiger charge is 2.04. The summed E-state index contributed by atoms with van der Waals surface area (Å²) in [6.07, 6.45) is 10.9. The summed E-state index contributed by atoms with van der Waals surface area (Å²) in [5, 5.41) is 17.7. The van der Waals surface area contributed by atoms with E-state index in [2.05, 4.69) is 67.7 Å². The zero-order valence-corrected chi connectivity index (χ0v) is 30.0. The van der Waals surface area contributed by atoms with Crippen molar-refractivity contribution in [1.29, 1.82) is 0 Å². The van der Waals surface area contributed by atoms with Gasteiger partial charge in [-0.05, 0) is 133 Å². The molecule has 248 valence electrons. The number of aryl methyl sites for hydroxylation is 1. The Hall–Kier alpha value is -3.99. The number of rotatable bonds is 20. The summed E-state index contributed by atoms with van der Waals surface area (Å²) in [5.41, 5.74) is 12.6. The van der Waals surface area contributed by atoms with E-state index >= 15 is 0 Å². The number of ether oxygens (including phenoxy) is 2. The van der Waals surface area contributed by atoms with Crippen LogP contribution >= 0.6 is 22.6 Å². The van der Waals surface area contributed by atoms with Crippen molar-refractivity contribution in [2.24, 2.45) is 20.5 Å². The Balaban J connectivity index is 1.22. The Bertz CT molecular complexity index is 1560. The standard InChI is InChI=1S/C38H47IN6O2/c1-4-6-8-10-12-26-47-35-22-24-38(36(39)28-35)45-42-31-15-13-30(14-16-31)40-43-33-19-23-37(29(3)27-33)44-41-32-17-20-34(21-18-32)46-25-11-9-7-5-2/h13-24,27-28,41,44H,4-12,25-26H2,1-3H3/b43-40+,45-42+. The van der Waals surface area contributed by atoms with Gasteiger partial charge in [0.2, 0.25) is 0 Å². The highest BCUT2D eigenvalue weighted by molar-refractivity contribution is 14.1. The van der Waals surface area contributed by atoms with E-state index in [1.165, 1.54) is 44.9 Å². The second kappa shape index (κ2) is 20.3. The minimum atomic E-state index is 0.740. The van der Waals surface area contributed by atoms with Crippen molar-refractivity contribution in [3.63, 3.8) is 0 Å². The number of hydrogen-bond acceptors (Lipinski definition) is 8. The molecule has 0 spiro atoms. The number of azo groups is 2. The molecule has 0 unspecified atom stereocenters. The van der Waals surface area contributed by atoms with Gasteiger partial charge in [-0.2, -0.15) is 15.3 Å². The predicted octanol–water partition coefficient (Wildman–Crippen LogP) is 13.2. The Morgan fingerprint density at radius 3 is 1.74 bits per heavy atom. The average molecular weight is 747 g/mol. The molecule has 0 aliphatic rings. The molecule has 0 bridgehead atoms. The van der Waals surface area contributed by atoms with Crippen LogP contribution in [-0.4, -0.2) is 13.2 Å². The van der Waals surface area contributed by atoms with Gasteiger partial charge in [0, 0.05) is 3.57 Å². The number of nitrogens with zero attached hydrogens (tertiary/aromatic N) is 4. The van der Waals surface area contributed by atoms with Crippen LogP contribution < -0.4 is 20.3 Å². The number of anilines is 2. The Morgan fingerprint density at radius 1 is 0.553 bits per heavy atom. The Morgan fingerprint density at radius 2 is 1.11 bits per heavy atom. The van der Waals surface area contributed by atoms with Crippen molar-refractivity contribution in [3.8, 4) is 11.5 Å². The fraction of sp³-hybridized carbons (Fsp3) is 0.368. The molecule has 0 heterocycles. The zero-order chi connectivity index (χ0) is 33.1. The quantitative estimate of drug-likeness (QED) is 0.0408. The number of hydrogen-bond donors (Lipinski definition) is 2. The number of nitrogens with one attached hydrogen (secondary N) is 2. The molecule has 47 heavy (non-hydrogen) atoms. The molecule has 4 rings (SSSR count). The molecular formula is C38H47IN6O2. The highest BCUT2D eigenvalue weighted by atomic mass is 127. The Labute approximate surface area is 293 Å². The summed E-state index contributed by atoms with van der Waals surface area (Å²) in [6.45, 7) is 7.99. The first kappa shape index (κ1) is 35.9. The normalized spacial score (nSPS) is 11.3. The van der Waals surface area contributed by atoms with E-state index in [1.54, 1.807) is 0 Å². The van der Waals surface area contributed by atoms with Crippen LogP contribution in [0, 0.1) is 10.5 Å². The third-order valence-electron chi connectivity index (χ3n) is 7.51. The minimum Gasteiger partial charge on any atom is -0.494 e. The second-order valence-corrected chi connectivity index (χ2v) is 12.6. The van der Waals surface area contributed by atoms with Gasteiger partial charge in [-0.15, -0.1) is 5.11 Å².